The van der Waals surface area contributed by atoms with E-state index in [2.05, 4.69) is 12.1 Å². The monoisotopic (exact) mass is 505 g/mol. The molecule has 0 radical (unpaired) electrons. The Kier molecular flexibility index (Phi) is 7.03. The molecule has 2 nitrogen and oxygen atoms in total. The van der Waals surface area contributed by atoms with E-state index in [0.29, 0.717) is 0 Å². The Morgan fingerprint density at radius 1 is 0.640 bits per heavy atom. The molecular formula is C22H18N2Pt. The van der Waals surface area contributed by atoms with E-state index < -0.39 is 0 Å². The summed E-state index contributed by atoms with van der Waals surface area (Å²) < 4.78 is 0. The number of hydrogen-bond donors (Lipinski definition) is 0. The van der Waals surface area contributed by atoms with Gasteiger partial charge in [0, 0.05) is 0 Å². The van der Waals surface area contributed by atoms with Gasteiger partial charge in [-0.1, -0.05) is 26.0 Å². The first kappa shape index (κ1) is 19.0. The molecule has 25 heavy (non-hydrogen) atoms. The maximum absolute atomic E-state index is 4.74. The molecule has 3 heteroatoms. The van der Waals surface area contributed by atoms with Crippen LogP contribution in [-0.2, 0) is 21.1 Å². The zero-order chi connectivity index (χ0) is 16.8. The van der Waals surface area contributed by atoms with Gasteiger partial charge in [-0.3, -0.25) is 9.98 Å². The van der Waals surface area contributed by atoms with Crippen molar-refractivity contribution < 1.29 is 21.1 Å². The molecule has 0 aliphatic carbocycles. The van der Waals surface area contributed by atoms with Gasteiger partial charge in [0.2, 0.25) is 0 Å². The molecule has 3 rings (SSSR count). The van der Waals surface area contributed by atoms with E-state index in [1.165, 1.54) is 0 Å². The number of benzene rings is 3. The topological polar surface area (TPSA) is 24.7 Å². The number of nitrogens with zero attached hydrogens (tertiary/aromatic N) is 2. The second kappa shape index (κ2) is 9.24. The fourth-order valence-electron chi connectivity index (χ4n) is 2.37. The first-order chi connectivity index (χ1) is 11.7. The minimum Gasteiger partial charge on any atom is -0.299 e. The maximum Gasteiger partial charge on any atom is 2.00 e. The molecule has 126 valence electrons. The summed E-state index contributed by atoms with van der Waals surface area (Å²) in [5.41, 5.74) is 5.52. The van der Waals surface area contributed by atoms with E-state index in [0.717, 1.165) is 33.9 Å². The van der Waals surface area contributed by atoms with Crippen LogP contribution in [0.25, 0.3) is 0 Å². The van der Waals surface area contributed by atoms with Crippen molar-refractivity contribution in [1.29, 1.82) is 0 Å². The predicted octanol–water partition coefficient (Wildman–Crippen LogP) is 5.57. The summed E-state index contributed by atoms with van der Waals surface area (Å²) in [5, 5.41) is 0. The van der Waals surface area contributed by atoms with Crippen molar-refractivity contribution >= 4 is 22.8 Å². The minimum absolute atomic E-state index is 0. The third-order valence-corrected chi connectivity index (χ3v) is 3.66. The van der Waals surface area contributed by atoms with Gasteiger partial charge in [-0.25, -0.2) is 0 Å². The van der Waals surface area contributed by atoms with Crippen LogP contribution < -0.4 is 0 Å². The third kappa shape index (κ3) is 5.08. The van der Waals surface area contributed by atoms with Crippen LogP contribution in [0.2, 0.25) is 0 Å². The molecule has 0 heterocycles. The van der Waals surface area contributed by atoms with Gasteiger partial charge in [-0.2, -0.15) is 0 Å². The number of para-hydroxylation sites is 2. The van der Waals surface area contributed by atoms with Crippen molar-refractivity contribution in [1.82, 2.24) is 0 Å². The summed E-state index contributed by atoms with van der Waals surface area (Å²) >= 11 is 0. The Bertz CT molecular complexity index is 794. The average molecular weight is 505 g/mol. The molecule has 0 fully saturated rings. The molecule has 0 N–H and O–H groups in total. The fourth-order valence-corrected chi connectivity index (χ4v) is 2.37. The molecule has 0 spiro atoms. The first-order valence-corrected chi connectivity index (χ1v) is 7.88. The number of rotatable bonds is 4. The SMILES string of the molecule is CC(=Nc1ccccc1N=C(C)c1[c-]cccc1)c1[c-]cccc1.[Pt+2]. The summed E-state index contributed by atoms with van der Waals surface area (Å²) in [7, 11) is 0. The largest absolute Gasteiger partial charge is 2.00 e. The van der Waals surface area contributed by atoms with E-state index >= 15 is 0 Å². The van der Waals surface area contributed by atoms with E-state index in [4.69, 9.17) is 9.98 Å². The van der Waals surface area contributed by atoms with Crippen molar-refractivity contribution in [2.45, 2.75) is 13.8 Å². The molecule has 0 bridgehead atoms. The average Bonchev–Trinajstić information content (AvgIpc) is 2.64. The van der Waals surface area contributed by atoms with Crippen LogP contribution in [0.3, 0.4) is 0 Å². The van der Waals surface area contributed by atoms with E-state index in [1.807, 2.05) is 86.6 Å². The van der Waals surface area contributed by atoms with Crippen molar-refractivity contribution in [3.63, 3.8) is 0 Å². The van der Waals surface area contributed by atoms with Gasteiger partial charge in [-0.05, 0) is 23.6 Å². The molecule has 0 saturated carbocycles. The van der Waals surface area contributed by atoms with Crippen LogP contribution in [0.15, 0.2) is 82.8 Å². The molecule has 3 aromatic carbocycles. The van der Waals surface area contributed by atoms with Crippen molar-refractivity contribution in [2.75, 3.05) is 0 Å². The van der Waals surface area contributed by atoms with E-state index in [-0.39, 0.29) is 21.1 Å². The number of hydrogen-bond acceptors (Lipinski definition) is 2. The van der Waals surface area contributed by atoms with Crippen LogP contribution in [0.1, 0.15) is 25.0 Å². The molecule has 0 atom stereocenters. The Balaban J connectivity index is 0.00000225. The van der Waals surface area contributed by atoms with Crippen molar-refractivity contribution in [2.24, 2.45) is 9.98 Å². The quantitative estimate of drug-likeness (QED) is 0.328. The van der Waals surface area contributed by atoms with E-state index in [1.54, 1.807) is 0 Å². The smallest absolute Gasteiger partial charge is 0.299 e. The van der Waals surface area contributed by atoms with Gasteiger partial charge in [0.1, 0.15) is 0 Å². The normalized spacial score (nSPS) is 11.8. The van der Waals surface area contributed by atoms with Crippen LogP contribution in [0, 0.1) is 12.1 Å². The fraction of sp³-hybridized carbons (Fsp3) is 0.0909. The summed E-state index contributed by atoms with van der Waals surface area (Å²) in [6.45, 7) is 3.98. The van der Waals surface area contributed by atoms with Crippen LogP contribution in [-0.4, -0.2) is 11.4 Å². The van der Waals surface area contributed by atoms with Gasteiger partial charge < -0.3 is 0 Å². The Morgan fingerprint density at radius 2 is 1.04 bits per heavy atom. The summed E-state index contributed by atoms with van der Waals surface area (Å²) in [4.78, 5) is 9.49. The third-order valence-electron chi connectivity index (χ3n) is 3.66. The Morgan fingerprint density at radius 3 is 1.40 bits per heavy atom. The molecule has 0 amide bonds. The van der Waals surface area contributed by atoms with Crippen molar-refractivity contribution in [3.8, 4) is 0 Å². The molecular weight excluding hydrogens is 487 g/mol. The summed E-state index contributed by atoms with van der Waals surface area (Å²) in [6, 6.07) is 30.0. The van der Waals surface area contributed by atoms with Crippen LogP contribution in [0.4, 0.5) is 11.4 Å². The van der Waals surface area contributed by atoms with Gasteiger partial charge in [0.15, 0.2) is 0 Å². The van der Waals surface area contributed by atoms with Crippen molar-refractivity contribution in [3.05, 3.63) is 96.1 Å². The summed E-state index contributed by atoms with van der Waals surface area (Å²) in [6.07, 6.45) is 0. The van der Waals surface area contributed by atoms with Crippen LogP contribution >= 0.6 is 0 Å². The zero-order valence-corrected chi connectivity index (χ0v) is 16.4. The molecule has 0 aromatic heterocycles. The molecule has 0 aliphatic heterocycles. The zero-order valence-electron chi connectivity index (χ0n) is 14.1. The second-order valence-corrected chi connectivity index (χ2v) is 5.44. The maximum atomic E-state index is 4.74. The Labute approximate surface area is 163 Å². The minimum atomic E-state index is 0. The standard InChI is InChI=1S/C22H18N2.Pt/c1-17(19-11-5-3-6-12-19)23-21-15-9-10-16-22(21)24-18(2)20-13-7-4-8-14-20;/h3-11,13,15-16H,1-2H3;/q-2;+2. The second-order valence-electron chi connectivity index (χ2n) is 5.44. The summed E-state index contributed by atoms with van der Waals surface area (Å²) in [5.74, 6) is 0. The first-order valence-electron chi connectivity index (χ1n) is 7.88. The predicted molar refractivity (Wildman–Crippen MR) is 101 cm³/mol. The molecule has 0 unspecified atom stereocenters. The molecule has 3 aromatic rings. The van der Waals surface area contributed by atoms with Gasteiger partial charge in [0.05, 0.1) is 11.4 Å². The Hall–Kier alpha value is -2.31. The molecule has 0 saturated heterocycles. The van der Waals surface area contributed by atoms with Gasteiger partial charge >= 0.3 is 21.1 Å². The van der Waals surface area contributed by atoms with Gasteiger partial charge in [-0.15, -0.1) is 71.8 Å². The molecule has 0 aliphatic rings. The van der Waals surface area contributed by atoms with E-state index in [9.17, 15) is 0 Å². The van der Waals surface area contributed by atoms with Crippen LogP contribution in [0.5, 0.6) is 0 Å². The van der Waals surface area contributed by atoms with Gasteiger partial charge in [0.25, 0.3) is 0 Å². The number of aliphatic imine (C=N–C) groups is 2.